The number of hydrogen-bond acceptors (Lipinski definition) is 6. The summed E-state index contributed by atoms with van der Waals surface area (Å²) in [6.45, 7) is 5.29. The lowest BCUT2D eigenvalue weighted by molar-refractivity contribution is -0.253. The molecule has 9 nitrogen and oxygen atoms in total. The molecule has 0 spiro atoms. The van der Waals surface area contributed by atoms with Crippen LogP contribution in [0, 0.1) is 0 Å². The van der Waals surface area contributed by atoms with Crippen LogP contribution in [0.5, 0.6) is 5.75 Å². The van der Waals surface area contributed by atoms with Gasteiger partial charge in [-0.25, -0.2) is 14.3 Å². The SMILES string of the molecule is CC(C)n1c(=O)n(-c2cccc(OC(F)(F)C(F)F)c2)c2ncc(C(=O)NC3(C)CCS(O)(O)CC3)cc21. The van der Waals surface area contributed by atoms with Crippen molar-refractivity contribution in [1.29, 1.82) is 0 Å². The third-order valence-corrected chi connectivity index (χ3v) is 8.17. The highest BCUT2D eigenvalue weighted by Gasteiger charge is 2.44. The number of amides is 1. The number of fused-ring (bicyclic) bond motifs is 1. The molecule has 0 atom stereocenters. The van der Waals surface area contributed by atoms with Crippen molar-refractivity contribution in [3.63, 3.8) is 0 Å². The molecule has 38 heavy (non-hydrogen) atoms. The average molecular weight is 561 g/mol. The summed E-state index contributed by atoms with van der Waals surface area (Å²) in [6.07, 6.45) is -6.74. The van der Waals surface area contributed by atoms with E-state index in [1.807, 2.05) is 6.92 Å². The number of carbonyl (C=O) groups is 1. The number of hydrogen-bond donors (Lipinski definition) is 3. The summed E-state index contributed by atoms with van der Waals surface area (Å²) >= 11 is 0. The van der Waals surface area contributed by atoms with Crippen molar-refractivity contribution in [3.8, 4) is 11.4 Å². The van der Waals surface area contributed by atoms with Gasteiger partial charge in [0, 0.05) is 35.3 Å². The number of carbonyl (C=O) groups excluding carboxylic acids is 1. The van der Waals surface area contributed by atoms with Gasteiger partial charge in [-0.3, -0.25) is 18.5 Å². The monoisotopic (exact) mass is 560 g/mol. The molecule has 3 N–H and O–H groups in total. The summed E-state index contributed by atoms with van der Waals surface area (Å²) in [5, 5.41) is 2.92. The Kier molecular flexibility index (Phi) is 7.27. The minimum absolute atomic E-state index is 0.0559. The third kappa shape index (κ3) is 5.52. The predicted octanol–water partition coefficient (Wildman–Crippen LogP) is 5.04. The average Bonchev–Trinajstić information content (AvgIpc) is 3.12. The van der Waals surface area contributed by atoms with Gasteiger partial charge >= 0.3 is 18.2 Å². The molecule has 0 radical (unpaired) electrons. The van der Waals surface area contributed by atoms with Crippen LogP contribution in [0.1, 0.15) is 50.0 Å². The van der Waals surface area contributed by atoms with Crippen LogP contribution in [-0.2, 0) is 0 Å². The first-order valence-corrected chi connectivity index (χ1v) is 13.7. The minimum Gasteiger partial charge on any atom is -0.428 e. The van der Waals surface area contributed by atoms with Crippen LogP contribution in [0.3, 0.4) is 0 Å². The van der Waals surface area contributed by atoms with E-state index < -0.39 is 46.0 Å². The molecule has 0 aliphatic carbocycles. The molecule has 0 bridgehead atoms. The van der Waals surface area contributed by atoms with Gasteiger partial charge in [0.2, 0.25) is 0 Å². The van der Waals surface area contributed by atoms with Gasteiger partial charge in [-0.2, -0.15) is 28.2 Å². The van der Waals surface area contributed by atoms with E-state index >= 15 is 0 Å². The first-order valence-electron chi connectivity index (χ1n) is 11.8. The Labute approximate surface area is 216 Å². The maximum absolute atomic E-state index is 13.4. The Hall–Kier alpha value is -3.10. The highest BCUT2D eigenvalue weighted by atomic mass is 32.3. The molecule has 1 fully saturated rings. The van der Waals surface area contributed by atoms with Crippen molar-refractivity contribution < 1.29 is 36.2 Å². The number of benzene rings is 1. The van der Waals surface area contributed by atoms with Crippen LogP contribution in [0.4, 0.5) is 17.6 Å². The van der Waals surface area contributed by atoms with E-state index in [1.165, 1.54) is 29.0 Å². The second kappa shape index (κ2) is 9.89. The zero-order chi connectivity index (χ0) is 28.0. The Bertz CT molecular complexity index is 1410. The molecule has 1 aromatic carbocycles. The quantitative estimate of drug-likeness (QED) is 0.349. The third-order valence-electron chi connectivity index (χ3n) is 6.46. The summed E-state index contributed by atoms with van der Waals surface area (Å²) in [4.78, 5) is 30.8. The number of aromatic nitrogens is 3. The van der Waals surface area contributed by atoms with Gasteiger partial charge in [-0.05, 0) is 51.8 Å². The molecule has 208 valence electrons. The van der Waals surface area contributed by atoms with Gasteiger partial charge in [0.1, 0.15) is 5.75 Å². The Morgan fingerprint density at radius 1 is 1.21 bits per heavy atom. The summed E-state index contributed by atoms with van der Waals surface area (Å²) in [6, 6.07) is 5.89. The minimum atomic E-state index is -4.72. The zero-order valence-corrected chi connectivity index (χ0v) is 21.6. The van der Waals surface area contributed by atoms with E-state index in [9.17, 15) is 36.3 Å². The maximum Gasteiger partial charge on any atom is 0.461 e. The Morgan fingerprint density at radius 2 is 1.87 bits per heavy atom. The number of imidazole rings is 1. The van der Waals surface area contributed by atoms with Crippen LogP contribution in [0.25, 0.3) is 16.9 Å². The Morgan fingerprint density at radius 3 is 2.47 bits per heavy atom. The summed E-state index contributed by atoms with van der Waals surface area (Å²) in [5.74, 6) is -0.662. The van der Waals surface area contributed by atoms with E-state index in [0.29, 0.717) is 18.4 Å². The van der Waals surface area contributed by atoms with Crippen LogP contribution in [0.2, 0.25) is 0 Å². The van der Waals surface area contributed by atoms with Gasteiger partial charge in [0.15, 0.2) is 5.65 Å². The standard InChI is InChI=1S/C24H28F4N4O5S/c1-14(2)31-18-11-15(20(33)30-23(3)7-9-38(35,36)10-8-23)13-29-19(18)32(22(31)34)16-5-4-6-17(12-16)37-24(27,28)21(25)26/h4-6,11-14,21,35-36H,7-10H2,1-3H3,(H,30,33). The van der Waals surface area contributed by atoms with Crippen molar-refractivity contribution in [2.45, 2.75) is 57.7 Å². The second-order valence-electron chi connectivity index (χ2n) is 9.84. The normalized spacial score (nSPS) is 18.1. The number of halogens is 4. The number of ether oxygens (including phenoxy) is 1. The Balaban J connectivity index is 1.72. The molecule has 1 amide bonds. The molecule has 1 saturated heterocycles. The van der Waals surface area contributed by atoms with Gasteiger partial charge in [-0.1, -0.05) is 6.07 Å². The summed E-state index contributed by atoms with van der Waals surface area (Å²) < 4.78 is 78.5. The lowest BCUT2D eigenvalue weighted by Crippen LogP contribution is -2.50. The fourth-order valence-corrected chi connectivity index (χ4v) is 6.08. The maximum atomic E-state index is 13.4. The first-order chi connectivity index (χ1) is 17.6. The van der Waals surface area contributed by atoms with Gasteiger partial charge in [0.25, 0.3) is 5.91 Å². The fraction of sp³-hybridized carbons (Fsp3) is 0.458. The highest BCUT2D eigenvalue weighted by Crippen LogP contribution is 2.46. The van der Waals surface area contributed by atoms with Crippen molar-refractivity contribution >= 4 is 27.7 Å². The highest BCUT2D eigenvalue weighted by molar-refractivity contribution is 8.24. The number of pyridine rings is 1. The van der Waals surface area contributed by atoms with Crippen LogP contribution < -0.4 is 15.7 Å². The molecular weight excluding hydrogens is 532 g/mol. The topological polar surface area (TPSA) is 119 Å². The number of nitrogens with one attached hydrogen (secondary N) is 1. The molecule has 3 aromatic rings. The molecule has 14 heteroatoms. The van der Waals surface area contributed by atoms with Crippen LogP contribution in [0.15, 0.2) is 41.3 Å². The molecular formula is C24H28F4N4O5S. The number of rotatable bonds is 7. The second-order valence-corrected chi connectivity index (χ2v) is 12.3. The number of alkyl halides is 4. The summed E-state index contributed by atoms with van der Waals surface area (Å²) in [5.41, 5.74) is -0.599. The van der Waals surface area contributed by atoms with E-state index in [4.69, 9.17) is 0 Å². The number of nitrogens with zero attached hydrogens (tertiary/aromatic N) is 3. The van der Waals surface area contributed by atoms with E-state index in [1.54, 1.807) is 13.8 Å². The van der Waals surface area contributed by atoms with E-state index in [-0.39, 0.29) is 34.4 Å². The molecule has 3 heterocycles. The van der Waals surface area contributed by atoms with Crippen molar-refractivity contribution in [2.24, 2.45) is 0 Å². The lowest BCUT2D eigenvalue weighted by atomic mass is 9.94. The van der Waals surface area contributed by atoms with Crippen LogP contribution >= 0.6 is 10.6 Å². The van der Waals surface area contributed by atoms with Crippen LogP contribution in [-0.4, -0.2) is 58.7 Å². The fourth-order valence-electron chi connectivity index (χ4n) is 4.32. The van der Waals surface area contributed by atoms with Gasteiger partial charge in [0.05, 0.1) is 16.8 Å². The molecule has 1 aliphatic heterocycles. The summed E-state index contributed by atoms with van der Waals surface area (Å²) in [7, 11) is -2.64. The molecule has 2 aromatic heterocycles. The largest absolute Gasteiger partial charge is 0.461 e. The zero-order valence-electron chi connectivity index (χ0n) is 20.8. The van der Waals surface area contributed by atoms with Gasteiger partial charge < -0.3 is 10.1 Å². The lowest BCUT2D eigenvalue weighted by Gasteiger charge is -2.44. The van der Waals surface area contributed by atoms with Crippen molar-refractivity contribution in [1.82, 2.24) is 19.4 Å². The van der Waals surface area contributed by atoms with Crippen molar-refractivity contribution in [2.75, 3.05) is 11.5 Å². The molecule has 1 aliphatic rings. The molecule has 4 rings (SSSR count). The van der Waals surface area contributed by atoms with E-state index in [2.05, 4.69) is 15.0 Å². The van der Waals surface area contributed by atoms with Gasteiger partial charge in [-0.15, -0.1) is 0 Å². The predicted molar refractivity (Wildman–Crippen MR) is 135 cm³/mol. The molecule has 0 saturated carbocycles. The van der Waals surface area contributed by atoms with E-state index in [0.717, 1.165) is 16.7 Å². The molecule has 0 unspecified atom stereocenters. The van der Waals surface area contributed by atoms with Crippen molar-refractivity contribution in [3.05, 3.63) is 52.6 Å². The first kappa shape index (κ1) is 27.9. The smallest absolute Gasteiger partial charge is 0.428 e.